The van der Waals surface area contributed by atoms with E-state index >= 15 is 0 Å². The van der Waals surface area contributed by atoms with Crippen LogP contribution in [0.4, 0.5) is 0 Å². The van der Waals surface area contributed by atoms with Gasteiger partial charge in [-0.3, -0.25) is 14.6 Å². The average molecular weight is 402 g/mol. The van der Waals surface area contributed by atoms with Crippen LogP contribution in [0.3, 0.4) is 0 Å². The molecule has 2 atom stereocenters. The molecule has 2 unspecified atom stereocenters. The van der Waals surface area contributed by atoms with Gasteiger partial charge in [0.05, 0.1) is 6.20 Å². The number of amides is 1. The normalized spacial score (nSPS) is 12.3. The van der Waals surface area contributed by atoms with E-state index in [0.717, 1.165) is 5.56 Å². The van der Waals surface area contributed by atoms with E-state index in [-0.39, 0.29) is 12.1 Å². The van der Waals surface area contributed by atoms with Crippen LogP contribution in [0, 0.1) is 5.92 Å². The number of rotatable bonds is 8. The number of carbonyl (C=O) groups excluding carboxylic acids is 1. The second-order valence-electron chi connectivity index (χ2n) is 6.72. The Balaban J connectivity index is 0.000000396. The molecule has 0 saturated carbocycles. The minimum Gasteiger partial charge on any atom is -0.480 e. The molecule has 0 bridgehead atoms. The second kappa shape index (κ2) is 12.2. The Morgan fingerprint density at radius 1 is 1.07 bits per heavy atom. The van der Waals surface area contributed by atoms with Crippen LogP contribution in [0.5, 0.6) is 0 Å². The Hall–Kier alpha value is -3.33. The molecule has 2 rings (SSSR count). The number of hydrogen-bond donors (Lipinski definition) is 4. The molecule has 1 heterocycles. The first-order valence-electron chi connectivity index (χ1n) is 9.02. The minimum atomic E-state index is -1.09. The van der Waals surface area contributed by atoms with Gasteiger partial charge in [0.15, 0.2) is 0 Å². The van der Waals surface area contributed by atoms with Gasteiger partial charge in [-0.1, -0.05) is 44.2 Å². The van der Waals surface area contributed by atoms with Crippen molar-refractivity contribution in [1.29, 1.82) is 0 Å². The zero-order chi connectivity index (χ0) is 21.8. The van der Waals surface area contributed by atoms with Crippen molar-refractivity contribution in [2.24, 2.45) is 11.7 Å². The Kier molecular flexibility index (Phi) is 9.97. The molecular weight excluding hydrogens is 376 g/mol. The van der Waals surface area contributed by atoms with Crippen LogP contribution in [-0.2, 0) is 16.0 Å². The summed E-state index contributed by atoms with van der Waals surface area (Å²) in [6.07, 6.45) is 4.87. The van der Waals surface area contributed by atoms with Gasteiger partial charge < -0.3 is 21.3 Å². The number of aliphatic carboxylic acids is 2. The van der Waals surface area contributed by atoms with E-state index in [0.29, 0.717) is 12.3 Å². The van der Waals surface area contributed by atoms with Crippen LogP contribution in [0.2, 0.25) is 0 Å². The molecule has 0 radical (unpaired) electrons. The Labute approximate surface area is 169 Å². The number of nitrogens with two attached hydrogens (primary N) is 1. The third-order valence-electron chi connectivity index (χ3n) is 3.72. The molecule has 156 valence electrons. The first kappa shape index (κ1) is 23.7. The summed E-state index contributed by atoms with van der Waals surface area (Å²) in [5, 5.41) is 19.9. The molecule has 1 aromatic carbocycles. The molecule has 0 aliphatic heterocycles. The zero-order valence-corrected chi connectivity index (χ0v) is 16.4. The van der Waals surface area contributed by atoms with Crippen LogP contribution in [0.1, 0.15) is 36.3 Å². The van der Waals surface area contributed by atoms with Gasteiger partial charge in [0.2, 0.25) is 0 Å². The Bertz CT molecular complexity index is 784. The Morgan fingerprint density at radius 3 is 2.17 bits per heavy atom. The van der Waals surface area contributed by atoms with Crippen molar-refractivity contribution in [3.8, 4) is 0 Å². The quantitative estimate of drug-likeness (QED) is 0.515. The van der Waals surface area contributed by atoms with E-state index < -0.39 is 29.9 Å². The molecule has 0 spiro atoms. The van der Waals surface area contributed by atoms with E-state index in [9.17, 15) is 19.5 Å². The van der Waals surface area contributed by atoms with E-state index in [1.807, 2.05) is 44.2 Å². The topological polar surface area (TPSA) is 156 Å². The van der Waals surface area contributed by atoms with Gasteiger partial charge >= 0.3 is 11.9 Å². The molecule has 2 aromatic rings. The van der Waals surface area contributed by atoms with Crippen LogP contribution in [0.15, 0.2) is 48.9 Å². The van der Waals surface area contributed by atoms with Gasteiger partial charge in [-0.25, -0.2) is 9.78 Å². The fourth-order valence-corrected chi connectivity index (χ4v) is 2.31. The lowest BCUT2D eigenvalue weighted by molar-refractivity contribution is -0.140. The summed E-state index contributed by atoms with van der Waals surface area (Å²) in [6.45, 7) is 3.89. The lowest BCUT2D eigenvalue weighted by Gasteiger charge is -2.14. The number of aromatic nitrogens is 2. The van der Waals surface area contributed by atoms with Crippen LogP contribution in [-0.4, -0.2) is 50.1 Å². The maximum atomic E-state index is 11.9. The number of hydrogen-bond acceptors (Lipinski definition) is 6. The fourth-order valence-electron chi connectivity index (χ4n) is 2.31. The standard InChI is InChI=1S/C14H13N3O3.C6H13NO2/c18-13(12-9-15-6-7-16-12)17-11(14(19)20)8-10-4-2-1-3-5-10;1-4(2)3-5(7)6(8)9/h1-7,9,11H,8H2,(H,17,18)(H,19,20);4-5H,3,7H2,1-2H3,(H,8,9). The smallest absolute Gasteiger partial charge is 0.326 e. The highest BCUT2D eigenvalue weighted by molar-refractivity contribution is 5.94. The zero-order valence-electron chi connectivity index (χ0n) is 16.4. The second-order valence-corrected chi connectivity index (χ2v) is 6.72. The summed E-state index contributed by atoms with van der Waals surface area (Å²) in [4.78, 5) is 40.8. The van der Waals surface area contributed by atoms with Gasteiger partial charge in [-0.05, 0) is 17.9 Å². The number of nitrogens with zero attached hydrogens (tertiary/aromatic N) is 2. The van der Waals surface area contributed by atoms with E-state index in [1.165, 1.54) is 18.6 Å². The van der Waals surface area contributed by atoms with Crippen molar-refractivity contribution in [1.82, 2.24) is 15.3 Å². The summed E-state index contributed by atoms with van der Waals surface area (Å²) >= 11 is 0. The molecule has 9 heteroatoms. The average Bonchev–Trinajstić information content (AvgIpc) is 2.68. The maximum Gasteiger partial charge on any atom is 0.326 e. The minimum absolute atomic E-state index is 0.0896. The molecule has 0 aliphatic carbocycles. The van der Waals surface area contributed by atoms with Crippen molar-refractivity contribution in [2.75, 3.05) is 0 Å². The number of benzene rings is 1. The van der Waals surface area contributed by atoms with Crippen molar-refractivity contribution in [3.05, 3.63) is 60.2 Å². The lowest BCUT2D eigenvalue weighted by atomic mass is 10.1. The van der Waals surface area contributed by atoms with Crippen molar-refractivity contribution >= 4 is 17.8 Å². The van der Waals surface area contributed by atoms with Crippen molar-refractivity contribution in [3.63, 3.8) is 0 Å². The van der Waals surface area contributed by atoms with Crippen LogP contribution >= 0.6 is 0 Å². The predicted octanol–water partition coefficient (Wildman–Crippen LogP) is 1.35. The molecule has 1 aromatic heterocycles. The maximum absolute atomic E-state index is 11.9. The van der Waals surface area contributed by atoms with E-state index in [4.69, 9.17) is 10.8 Å². The molecule has 29 heavy (non-hydrogen) atoms. The van der Waals surface area contributed by atoms with Crippen LogP contribution < -0.4 is 11.1 Å². The monoisotopic (exact) mass is 402 g/mol. The highest BCUT2D eigenvalue weighted by Gasteiger charge is 2.21. The lowest BCUT2D eigenvalue weighted by Crippen LogP contribution is -2.42. The third kappa shape index (κ3) is 9.43. The van der Waals surface area contributed by atoms with Gasteiger partial charge in [0.25, 0.3) is 5.91 Å². The highest BCUT2D eigenvalue weighted by atomic mass is 16.4. The molecular formula is C20H26N4O5. The first-order chi connectivity index (χ1) is 13.7. The van der Waals surface area contributed by atoms with Gasteiger partial charge in [-0.2, -0.15) is 0 Å². The summed E-state index contributed by atoms with van der Waals surface area (Å²) in [7, 11) is 0. The number of carboxylic acids is 2. The molecule has 1 amide bonds. The molecule has 0 aliphatic rings. The largest absolute Gasteiger partial charge is 0.480 e. The molecule has 0 fully saturated rings. The first-order valence-corrected chi connectivity index (χ1v) is 9.02. The highest BCUT2D eigenvalue weighted by Crippen LogP contribution is 2.04. The molecule has 9 nitrogen and oxygen atoms in total. The number of nitrogens with one attached hydrogen (secondary N) is 1. The summed E-state index contributed by atoms with van der Waals surface area (Å²) in [6, 6.07) is 7.40. The molecule has 5 N–H and O–H groups in total. The van der Waals surface area contributed by atoms with E-state index in [2.05, 4.69) is 15.3 Å². The third-order valence-corrected chi connectivity index (χ3v) is 3.72. The van der Waals surface area contributed by atoms with E-state index in [1.54, 1.807) is 0 Å². The summed E-state index contributed by atoms with van der Waals surface area (Å²) in [5.41, 5.74) is 6.14. The van der Waals surface area contributed by atoms with Crippen molar-refractivity contribution < 1.29 is 24.6 Å². The van der Waals surface area contributed by atoms with Crippen LogP contribution in [0.25, 0.3) is 0 Å². The van der Waals surface area contributed by atoms with Gasteiger partial charge in [-0.15, -0.1) is 0 Å². The molecule has 0 saturated heterocycles. The summed E-state index contributed by atoms with van der Waals surface area (Å²) < 4.78 is 0. The Morgan fingerprint density at radius 2 is 1.72 bits per heavy atom. The SMILES string of the molecule is CC(C)CC(N)C(=O)O.O=C(NC(Cc1ccccc1)C(=O)O)c1cnccn1. The fraction of sp³-hybridized carbons (Fsp3) is 0.350. The van der Waals surface area contributed by atoms with Crippen molar-refractivity contribution in [2.45, 2.75) is 38.8 Å². The predicted molar refractivity (Wildman–Crippen MR) is 106 cm³/mol. The van der Waals surface area contributed by atoms with Gasteiger partial charge in [0.1, 0.15) is 17.8 Å². The van der Waals surface area contributed by atoms with Gasteiger partial charge in [0, 0.05) is 18.8 Å². The number of carbonyl (C=O) groups is 3. The summed E-state index contributed by atoms with van der Waals surface area (Å²) in [5.74, 6) is -2.20. The number of carboxylic acid groups (broad SMARTS) is 2.